The molecule has 0 saturated heterocycles. The van der Waals surface area contributed by atoms with Gasteiger partial charge in [0.05, 0.1) is 12.2 Å². The van der Waals surface area contributed by atoms with Crippen molar-refractivity contribution in [3.8, 4) is 5.75 Å². The van der Waals surface area contributed by atoms with Crippen molar-refractivity contribution in [3.63, 3.8) is 0 Å². The average Bonchev–Trinajstić information content (AvgIpc) is 2.49. The summed E-state index contributed by atoms with van der Waals surface area (Å²) >= 11 is 0. The van der Waals surface area contributed by atoms with E-state index in [1.54, 1.807) is 6.07 Å². The van der Waals surface area contributed by atoms with Crippen molar-refractivity contribution in [2.45, 2.75) is 27.2 Å². The Balaban J connectivity index is 2.07. The SMILES string of the molecule is Cc1ccc(NC(=O)c2ccccc2OCCC(C)C)cc1. The maximum absolute atomic E-state index is 12.4. The third-order valence-corrected chi connectivity index (χ3v) is 3.39. The minimum atomic E-state index is -0.149. The van der Waals surface area contributed by atoms with E-state index >= 15 is 0 Å². The van der Waals surface area contributed by atoms with Crippen LogP contribution < -0.4 is 10.1 Å². The fraction of sp³-hybridized carbons (Fsp3) is 0.316. The first-order valence-electron chi connectivity index (χ1n) is 7.66. The highest BCUT2D eigenvalue weighted by Crippen LogP contribution is 2.20. The van der Waals surface area contributed by atoms with Gasteiger partial charge in [0.1, 0.15) is 5.75 Å². The Morgan fingerprint density at radius 3 is 2.45 bits per heavy atom. The molecule has 0 fully saturated rings. The third-order valence-electron chi connectivity index (χ3n) is 3.39. The van der Waals surface area contributed by atoms with Gasteiger partial charge in [0, 0.05) is 5.69 Å². The molecule has 1 amide bonds. The first kappa shape index (κ1) is 16.1. The van der Waals surface area contributed by atoms with Crippen molar-refractivity contribution in [1.82, 2.24) is 0 Å². The molecule has 2 rings (SSSR count). The Morgan fingerprint density at radius 1 is 1.09 bits per heavy atom. The van der Waals surface area contributed by atoms with Crippen LogP contribution in [0.1, 0.15) is 36.2 Å². The summed E-state index contributed by atoms with van der Waals surface area (Å²) in [6, 6.07) is 15.1. The number of para-hydroxylation sites is 1. The minimum Gasteiger partial charge on any atom is -0.493 e. The lowest BCUT2D eigenvalue weighted by atomic mass is 10.1. The highest BCUT2D eigenvalue weighted by Gasteiger charge is 2.12. The van der Waals surface area contributed by atoms with Crippen LogP contribution in [-0.4, -0.2) is 12.5 Å². The summed E-state index contributed by atoms with van der Waals surface area (Å²) in [5, 5.41) is 2.91. The van der Waals surface area contributed by atoms with Gasteiger partial charge in [-0.2, -0.15) is 0 Å². The number of nitrogens with one attached hydrogen (secondary N) is 1. The second-order valence-electron chi connectivity index (χ2n) is 5.85. The molecule has 0 aliphatic carbocycles. The van der Waals surface area contributed by atoms with Crippen LogP contribution in [0, 0.1) is 12.8 Å². The van der Waals surface area contributed by atoms with Gasteiger partial charge in [-0.3, -0.25) is 4.79 Å². The number of benzene rings is 2. The van der Waals surface area contributed by atoms with Crippen molar-refractivity contribution >= 4 is 11.6 Å². The molecular weight excluding hydrogens is 274 g/mol. The standard InChI is InChI=1S/C19H23NO2/c1-14(2)12-13-22-18-7-5-4-6-17(18)19(21)20-16-10-8-15(3)9-11-16/h4-11,14H,12-13H2,1-3H3,(H,20,21). The van der Waals surface area contributed by atoms with Crippen molar-refractivity contribution < 1.29 is 9.53 Å². The van der Waals surface area contributed by atoms with Gasteiger partial charge in [-0.1, -0.05) is 43.7 Å². The third kappa shape index (κ3) is 4.62. The quantitative estimate of drug-likeness (QED) is 0.841. The van der Waals surface area contributed by atoms with Crippen molar-refractivity contribution in [2.75, 3.05) is 11.9 Å². The largest absolute Gasteiger partial charge is 0.493 e. The molecule has 0 aliphatic heterocycles. The fourth-order valence-electron chi connectivity index (χ4n) is 2.02. The number of hydrogen-bond acceptors (Lipinski definition) is 2. The fourth-order valence-corrected chi connectivity index (χ4v) is 2.02. The van der Waals surface area contributed by atoms with Gasteiger partial charge >= 0.3 is 0 Å². The molecule has 0 spiro atoms. The summed E-state index contributed by atoms with van der Waals surface area (Å²) in [7, 11) is 0. The lowest BCUT2D eigenvalue weighted by molar-refractivity contribution is 0.102. The van der Waals surface area contributed by atoms with E-state index in [0.717, 1.165) is 17.7 Å². The second kappa shape index (κ2) is 7.64. The Bertz CT molecular complexity index is 618. The molecular formula is C19H23NO2. The average molecular weight is 297 g/mol. The monoisotopic (exact) mass is 297 g/mol. The van der Waals surface area contributed by atoms with E-state index < -0.39 is 0 Å². The second-order valence-corrected chi connectivity index (χ2v) is 5.85. The van der Waals surface area contributed by atoms with Gasteiger partial charge < -0.3 is 10.1 Å². The molecule has 3 nitrogen and oxygen atoms in total. The van der Waals surface area contributed by atoms with Gasteiger partial charge in [0.25, 0.3) is 5.91 Å². The molecule has 0 atom stereocenters. The molecule has 1 N–H and O–H groups in total. The number of rotatable bonds is 6. The highest BCUT2D eigenvalue weighted by atomic mass is 16.5. The topological polar surface area (TPSA) is 38.3 Å². The van der Waals surface area contributed by atoms with E-state index in [2.05, 4.69) is 19.2 Å². The molecule has 2 aromatic carbocycles. The zero-order valence-electron chi connectivity index (χ0n) is 13.4. The van der Waals surface area contributed by atoms with Crippen LogP contribution in [0.15, 0.2) is 48.5 Å². The van der Waals surface area contributed by atoms with Crippen LogP contribution >= 0.6 is 0 Å². The summed E-state index contributed by atoms with van der Waals surface area (Å²) in [5.41, 5.74) is 2.51. The molecule has 0 unspecified atom stereocenters. The van der Waals surface area contributed by atoms with Crippen LogP contribution in [0.2, 0.25) is 0 Å². The Labute approximate surface area is 132 Å². The van der Waals surface area contributed by atoms with Crippen molar-refractivity contribution in [3.05, 3.63) is 59.7 Å². The van der Waals surface area contributed by atoms with Crippen LogP contribution in [0.4, 0.5) is 5.69 Å². The Kier molecular flexibility index (Phi) is 5.59. The van der Waals surface area contributed by atoms with Crippen LogP contribution in [0.3, 0.4) is 0 Å². The minimum absolute atomic E-state index is 0.149. The lowest BCUT2D eigenvalue weighted by Gasteiger charge is -2.12. The number of carbonyl (C=O) groups is 1. The van der Waals surface area contributed by atoms with Gasteiger partial charge in [0.15, 0.2) is 0 Å². The predicted molar refractivity (Wildman–Crippen MR) is 90.5 cm³/mol. The Hall–Kier alpha value is -2.29. The van der Waals surface area contributed by atoms with E-state index in [1.165, 1.54) is 0 Å². The van der Waals surface area contributed by atoms with E-state index in [9.17, 15) is 4.79 Å². The van der Waals surface area contributed by atoms with Crippen LogP contribution in [-0.2, 0) is 0 Å². The van der Waals surface area contributed by atoms with Crippen LogP contribution in [0.5, 0.6) is 5.75 Å². The summed E-state index contributed by atoms with van der Waals surface area (Å²) in [4.78, 5) is 12.4. The molecule has 0 aromatic heterocycles. The van der Waals surface area contributed by atoms with E-state index in [4.69, 9.17) is 4.74 Å². The molecule has 22 heavy (non-hydrogen) atoms. The molecule has 0 bridgehead atoms. The number of anilines is 1. The number of carbonyl (C=O) groups excluding carboxylic acids is 1. The number of amides is 1. The van der Waals surface area contributed by atoms with Gasteiger partial charge in [-0.25, -0.2) is 0 Å². The molecule has 3 heteroatoms. The van der Waals surface area contributed by atoms with Crippen molar-refractivity contribution in [1.29, 1.82) is 0 Å². The summed E-state index contributed by atoms with van der Waals surface area (Å²) < 4.78 is 5.77. The summed E-state index contributed by atoms with van der Waals surface area (Å²) in [5.74, 6) is 1.06. The predicted octanol–water partition coefficient (Wildman–Crippen LogP) is 4.67. The zero-order chi connectivity index (χ0) is 15.9. The maximum Gasteiger partial charge on any atom is 0.259 e. The summed E-state index contributed by atoms with van der Waals surface area (Å²) in [6.45, 7) is 6.94. The first-order chi connectivity index (χ1) is 10.6. The van der Waals surface area contributed by atoms with Crippen LogP contribution in [0.25, 0.3) is 0 Å². The Morgan fingerprint density at radius 2 is 1.77 bits per heavy atom. The first-order valence-corrected chi connectivity index (χ1v) is 7.66. The number of ether oxygens (including phenoxy) is 1. The zero-order valence-corrected chi connectivity index (χ0v) is 13.4. The van der Waals surface area contributed by atoms with E-state index in [1.807, 2.05) is 49.4 Å². The van der Waals surface area contributed by atoms with Crippen molar-refractivity contribution in [2.24, 2.45) is 5.92 Å². The van der Waals surface area contributed by atoms with Gasteiger partial charge in [0.2, 0.25) is 0 Å². The van der Waals surface area contributed by atoms with E-state index in [0.29, 0.717) is 23.8 Å². The molecule has 0 radical (unpaired) electrons. The normalized spacial score (nSPS) is 10.5. The van der Waals surface area contributed by atoms with Gasteiger partial charge in [-0.05, 0) is 43.5 Å². The summed E-state index contributed by atoms with van der Waals surface area (Å²) in [6.07, 6.45) is 0.966. The molecule has 116 valence electrons. The van der Waals surface area contributed by atoms with E-state index in [-0.39, 0.29) is 5.91 Å². The number of aryl methyl sites for hydroxylation is 1. The molecule has 0 aliphatic rings. The lowest BCUT2D eigenvalue weighted by Crippen LogP contribution is -2.14. The number of hydrogen-bond donors (Lipinski definition) is 1. The highest BCUT2D eigenvalue weighted by molar-refractivity contribution is 6.06. The smallest absolute Gasteiger partial charge is 0.259 e. The maximum atomic E-state index is 12.4. The molecule has 0 saturated carbocycles. The molecule has 0 heterocycles. The van der Waals surface area contributed by atoms with Gasteiger partial charge in [-0.15, -0.1) is 0 Å². The molecule has 2 aromatic rings.